The molecule has 170 valence electrons. The molecular weight excluding hydrogens is 457 g/mol. The Kier molecular flexibility index (Phi) is 6.50. The van der Waals surface area contributed by atoms with E-state index >= 15 is 0 Å². The first kappa shape index (κ1) is 22.7. The number of likely N-dealkylation sites (tertiary alicyclic amines) is 1. The van der Waals surface area contributed by atoms with Crippen molar-refractivity contribution in [3.05, 3.63) is 64.9 Å². The molecule has 2 saturated heterocycles. The molecule has 0 bridgehead atoms. The van der Waals surface area contributed by atoms with E-state index in [1.54, 1.807) is 15.9 Å². The minimum atomic E-state index is -3.83. The van der Waals surface area contributed by atoms with Crippen LogP contribution < -0.4 is 0 Å². The monoisotopic (exact) mass is 479 g/mol. The van der Waals surface area contributed by atoms with Gasteiger partial charge in [0, 0.05) is 50.7 Å². The van der Waals surface area contributed by atoms with Gasteiger partial charge < -0.3 is 9.80 Å². The van der Waals surface area contributed by atoms with E-state index in [2.05, 4.69) is 0 Å². The molecule has 0 N–H and O–H groups in total. The van der Waals surface area contributed by atoms with Gasteiger partial charge in [0.25, 0.3) is 0 Å². The molecular formula is C22H23ClFN3O4S. The van der Waals surface area contributed by atoms with E-state index in [9.17, 15) is 22.4 Å². The van der Waals surface area contributed by atoms with Crippen LogP contribution in [0.1, 0.15) is 12.0 Å². The Hall–Kier alpha value is -2.49. The topological polar surface area (TPSA) is 78.0 Å². The molecule has 32 heavy (non-hydrogen) atoms. The molecule has 2 aromatic rings. The fraction of sp³-hybridized carbons (Fsp3) is 0.364. The summed E-state index contributed by atoms with van der Waals surface area (Å²) in [6, 6.07) is 12.2. The summed E-state index contributed by atoms with van der Waals surface area (Å²) in [5, 5.41) is 0.575. The molecule has 2 aromatic carbocycles. The number of rotatable bonds is 5. The number of amides is 2. The number of carbonyl (C=O) groups is 2. The van der Waals surface area contributed by atoms with Gasteiger partial charge in [-0.3, -0.25) is 9.59 Å². The SMILES string of the molecule is O=C1C[C@@H](C(=O)N2CCN(S(=O)(=O)c3cccc(F)c3)CC2)CN1Cc1ccccc1Cl. The van der Waals surface area contributed by atoms with Gasteiger partial charge in [-0.05, 0) is 29.8 Å². The van der Waals surface area contributed by atoms with Crippen LogP contribution in [-0.4, -0.2) is 67.1 Å². The Morgan fingerprint density at radius 3 is 2.47 bits per heavy atom. The van der Waals surface area contributed by atoms with Crippen molar-refractivity contribution in [3.8, 4) is 0 Å². The third-order valence-electron chi connectivity index (χ3n) is 5.87. The smallest absolute Gasteiger partial charge is 0.243 e. The summed E-state index contributed by atoms with van der Waals surface area (Å²) in [6.45, 7) is 1.35. The number of carbonyl (C=O) groups excluding carboxylic acids is 2. The molecule has 4 rings (SSSR count). The summed E-state index contributed by atoms with van der Waals surface area (Å²) in [7, 11) is -3.83. The zero-order chi connectivity index (χ0) is 22.9. The van der Waals surface area contributed by atoms with Crippen molar-refractivity contribution < 1.29 is 22.4 Å². The maximum Gasteiger partial charge on any atom is 0.243 e. The van der Waals surface area contributed by atoms with E-state index < -0.39 is 21.8 Å². The first-order chi connectivity index (χ1) is 15.3. The number of piperazine rings is 1. The van der Waals surface area contributed by atoms with Crippen LogP contribution in [0.3, 0.4) is 0 Å². The highest BCUT2D eigenvalue weighted by molar-refractivity contribution is 7.89. The lowest BCUT2D eigenvalue weighted by molar-refractivity contribution is -0.137. The Labute approximate surface area is 191 Å². The van der Waals surface area contributed by atoms with Gasteiger partial charge in [0.05, 0.1) is 10.8 Å². The molecule has 2 fully saturated rings. The lowest BCUT2D eigenvalue weighted by atomic mass is 10.1. The van der Waals surface area contributed by atoms with E-state index in [0.29, 0.717) is 18.1 Å². The molecule has 0 radical (unpaired) electrons. The third kappa shape index (κ3) is 4.65. The summed E-state index contributed by atoms with van der Waals surface area (Å²) >= 11 is 6.19. The molecule has 7 nitrogen and oxygen atoms in total. The Balaban J connectivity index is 1.35. The quantitative estimate of drug-likeness (QED) is 0.659. The van der Waals surface area contributed by atoms with Gasteiger partial charge in [-0.2, -0.15) is 4.31 Å². The van der Waals surface area contributed by atoms with Gasteiger partial charge in [0.2, 0.25) is 21.8 Å². The zero-order valence-corrected chi connectivity index (χ0v) is 18.9. The zero-order valence-electron chi connectivity index (χ0n) is 17.3. The number of hydrogen-bond acceptors (Lipinski definition) is 4. The van der Waals surface area contributed by atoms with Crippen LogP contribution in [0.15, 0.2) is 53.4 Å². The Morgan fingerprint density at radius 1 is 1.06 bits per heavy atom. The molecule has 2 amide bonds. The van der Waals surface area contributed by atoms with Gasteiger partial charge in [0.1, 0.15) is 5.82 Å². The average molecular weight is 480 g/mol. The predicted octanol–water partition coefficient (Wildman–Crippen LogP) is 2.36. The Morgan fingerprint density at radius 2 is 1.78 bits per heavy atom. The number of nitrogens with zero attached hydrogens (tertiary/aromatic N) is 3. The fourth-order valence-corrected chi connectivity index (χ4v) is 5.76. The van der Waals surface area contributed by atoms with Gasteiger partial charge in [-0.25, -0.2) is 12.8 Å². The molecule has 1 atom stereocenters. The van der Waals surface area contributed by atoms with Gasteiger partial charge >= 0.3 is 0 Å². The van der Waals surface area contributed by atoms with Crippen molar-refractivity contribution in [2.75, 3.05) is 32.7 Å². The highest BCUT2D eigenvalue weighted by Crippen LogP contribution is 2.26. The molecule has 0 saturated carbocycles. The summed E-state index contributed by atoms with van der Waals surface area (Å²) in [5.74, 6) is -1.33. The normalized spacial score (nSPS) is 20.1. The van der Waals surface area contributed by atoms with E-state index in [4.69, 9.17) is 11.6 Å². The summed E-state index contributed by atoms with van der Waals surface area (Å²) < 4.78 is 40.2. The molecule has 0 aliphatic carbocycles. The van der Waals surface area contributed by atoms with Crippen molar-refractivity contribution in [2.24, 2.45) is 5.92 Å². The first-order valence-electron chi connectivity index (χ1n) is 10.3. The lowest BCUT2D eigenvalue weighted by Crippen LogP contribution is -2.52. The molecule has 2 aliphatic rings. The molecule has 2 aliphatic heterocycles. The van der Waals surface area contributed by atoms with Gasteiger partial charge in [0.15, 0.2) is 0 Å². The second-order valence-corrected chi connectivity index (χ2v) is 10.3. The van der Waals surface area contributed by atoms with Crippen LogP contribution in [0.5, 0.6) is 0 Å². The second-order valence-electron chi connectivity index (χ2n) is 7.95. The minimum absolute atomic E-state index is 0.101. The van der Waals surface area contributed by atoms with E-state index in [1.807, 2.05) is 18.2 Å². The molecule has 2 heterocycles. The van der Waals surface area contributed by atoms with Crippen LogP contribution >= 0.6 is 11.6 Å². The van der Waals surface area contributed by atoms with Crippen molar-refractivity contribution in [2.45, 2.75) is 17.9 Å². The average Bonchev–Trinajstić information content (AvgIpc) is 3.15. The number of hydrogen-bond donors (Lipinski definition) is 0. The third-order valence-corrected chi connectivity index (χ3v) is 8.13. The minimum Gasteiger partial charge on any atom is -0.340 e. The fourth-order valence-electron chi connectivity index (χ4n) is 4.11. The molecule has 10 heteroatoms. The van der Waals surface area contributed by atoms with Crippen LogP contribution in [-0.2, 0) is 26.2 Å². The van der Waals surface area contributed by atoms with E-state index in [0.717, 1.165) is 11.6 Å². The predicted molar refractivity (Wildman–Crippen MR) is 117 cm³/mol. The van der Waals surface area contributed by atoms with Crippen LogP contribution in [0, 0.1) is 11.7 Å². The summed E-state index contributed by atoms with van der Waals surface area (Å²) in [6.07, 6.45) is 0.130. The standard InChI is InChI=1S/C22H23ClFN3O4S/c23-20-7-2-1-4-16(20)14-26-15-17(12-21(26)28)22(29)25-8-10-27(11-9-25)32(30,31)19-6-3-5-18(24)13-19/h1-7,13,17H,8-12,14-15H2/t17-/m1/s1. The highest BCUT2D eigenvalue weighted by Gasteiger charge is 2.38. The highest BCUT2D eigenvalue weighted by atomic mass is 35.5. The number of benzene rings is 2. The molecule has 0 unspecified atom stereocenters. The van der Waals surface area contributed by atoms with Crippen molar-refractivity contribution in [1.29, 1.82) is 0 Å². The molecule has 0 aromatic heterocycles. The number of sulfonamides is 1. The molecule has 0 spiro atoms. The van der Waals surface area contributed by atoms with Crippen molar-refractivity contribution in [3.63, 3.8) is 0 Å². The van der Waals surface area contributed by atoms with Crippen LogP contribution in [0.2, 0.25) is 5.02 Å². The van der Waals surface area contributed by atoms with Crippen LogP contribution in [0.25, 0.3) is 0 Å². The second kappa shape index (κ2) is 9.17. The van der Waals surface area contributed by atoms with Gasteiger partial charge in [-0.15, -0.1) is 0 Å². The maximum absolute atomic E-state index is 13.5. The number of halogens is 2. The van der Waals surface area contributed by atoms with Crippen molar-refractivity contribution >= 4 is 33.4 Å². The largest absolute Gasteiger partial charge is 0.340 e. The lowest BCUT2D eigenvalue weighted by Gasteiger charge is -2.35. The maximum atomic E-state index is 13.5. The van der Waals surface area contributed by atoms with Crippen molar-refractivity contribution in [1.82, 2.24) is 14.1 Å². The summed E-state index contributed by atoms with van der Waals surface area (Å²) in [4.78, 5) is 28.6. The van der Waals surface area contributed by atoms with E-state index in [1.165, 1.54) is 22.5 Å². The first-order valence-corrected chi connectivity index (χ1v) is 12.1. The Bertz CT molecular complexity index is 1140. The van der Waals surface area contributed by atoms with Gasteiger partial charge in [-0.1, -0.05) is 35.9 Å². The van der Waals surface area contributed by atoms with E-state index in [-0.39, 0.29) is 49.3 Å². The summed E-state index contributed by atoms with van der Waals surface area (Å²) in [5.41, 5.74) is 0.826. The van der Waals surface area contributed by atoms with Crippen LogP contribution in [0.4, 0.5) is 4.39 Å².